The van der Waals surface area contributed by atoms with Crippen LogP contribution in [-0.2, 0) is 11.3 Å². The summed E-state index contributed by atoms with van der Waals surface area (Å²) in [6, 6.07) is 3.53. The van der Waals surface area contributed by atoms with Gasteiger partial charge in [0.05, 0.1) is 5.92 Å². The van der Waals surface area contributed by atoms with Crippen LogP contribution < -0.4 is 10.1 Å². The molecular formula is C16H21F3N2O2. The van der Waals surface area contributed by atoms with Gasteiger partial charge in [0.1, 0.15) is 5.75 Å². The maximum Gasteiger partial charge on any atom is 0.422 e. The van der Waals surface area contributed by atoms with E-state index in [1.54, 1.807) is 37.9 Å². The number of rotatable bonds is 5. The van der Waals surface area contributed by atoms with Gasteiger partial charge in [0, 0.05) is 26.7 Å². The minimum atomic E-state index is -4.36. The van der Waals surface area contributed by atoms with Crippen LogP contribution in [-0.4, -0.2) is 43.7 Å². The Kier molecular flexibility index (Phi) is 5.19. The molecular weight excluding hydrogens is 309 g/mol. The second kappa shape index (κ2) is 6.78. The number of halogens is 3. The zero-order valence-corrected chi connectivity index (χ0v) is 13.5. The fourth-order valence-electron chi connectivity index (χ4n) is 2.64. The number of nitrogens with zero attached hydrogens (tertiary/aromatic N) is 1. The highest BCUT2D eigenvalue weighted by atomic mass is 19.4. The Hall–Kier alpha value is -1.76. The van der Waals surface area contributed by atoms with E-state index in [9.17, 15) is 18.0 Å². The summed E-state index contributed by atoms with van der Waals surface area (Å²) in [6.07, 6.45) is -4.36. The predicted octanol–water partition coefficient (Wildman–Crippen LogP) is 2.42. The van der Waals surface area contributed by atoms with Crippen LogP contribution >= 0.6 is 0 Å². The monoisotopic (exact) mass is 330 g/mol. The molecule has 7 heteroatoms. The molecule has 0 aliphatic carbocycles. The van der Waals surface area contributed by atoms with Crippen molar-refractivity contribution in [2.24, 2.45) is 5.92 Å². The number of alkyl halides is 3. The topological polar surface area (TPSA) is 41.6 Å². The maximum atomic E-state index is 12.3. The van der Waals surface area contributed by atoms with Gasteiger partial charge in [0.25, 0.3) is 0 Å². The molecule has 0 unspecified atom stereocenters. The first-order valence-corrected chi connectivity index (χ1v) is 7.43. The summed E-state index contributed by atoms with van der Waals surface area (Å²) < 4.78 is 41.7. The third kappa shape index (κ3) is 4.60. The lowest BCUT2D eigenvalue weighted by molar-refractivity contribution is -0.153. The van der Waals surface area contributed by atoms with E-state index in [1.165, 1.54) is 0 Å². The lowest BCUT2D eigenvalue weighted by atomic mass is 10.0. The van der Waals surface area contributed by atoms with Crippen LogP contribution in [0.4, 0.5) is 13.2 Å². The van der Waals surface area contributed by atoms with Crippen molar-refractivity contribution in [1.82, 2.24) is 10.2 Å². The summed E-state index contributed by atoms with van der Waals surface area (Å²) in [7, 11) is 1.74. The van der Waals surface area contributed by atoms with Gasteiger partial charge in [-0.15, -0.1) is 0 Å². The molecule has 4 nitrogen and oxygen atoms in total. The molecule has 0 spiro atoms. The number of carbonyl (C=O) groups is 1. The average molecular weight is 330 g/mol. The minimum absolute atomic E-state index is 0.0246. The third-order valence-corrected chi connectivity index (χ3v) is 3.83. The molecule has 0 saturated carbocycles. The Morgan fingerprint density at radius 3 is 2.30 bits per heavy atom. The molecule has 0 aromatic heterocycles. The van der Waals surface area contributed by atoms with Gasteiger partial charge in [-0.05, 0) is 30.5 Å². The first-order valence-electron chi connectivity index (χ1n) is 7.43. The molecule has 128 valence electrons. The number of aryl methyl sites for hydroxylation is 2. The van der Waals surface area contributed by atoms with E-state index in [-0.39, 0.29) is 17.6 Å². The molecule has 23 heavy (non-hydrogen) atoms. The first-order chi connectivity index (χ1) is 10.7. The molecule has 0 bridgehead atoms. The summed E-state index contributed by atoms with van der Waals surface area (Å²) in [5.74, 6) is 0.358. The second-order valence-corrected chi connectivity index (χ2v) is 6.01. The number of hydrogen-bond donors (Lipinski definition) is 1. The van der Waals surface area contributed by atoms with Crippen molar-refractivity contribution >= 4 is 5.91 Å². The Morgan fingerprint density at radius 2 is 1.87 bits per heavy atom. The zero-order chi connectivity index (χ0) is 17.2. The van der Waals surface area contributed by atoms with Crippen molar-refractivity contribution in [2.75, 3.05) is 26.7 Å². The van der Waals surface area contributed by atoms with Crippen molar-refractivity contribution in [1.29, 1.82) is 0 Å². The van der Waals surface area contributed by atoms with Gasteiger partial charge >= 0.3 is 6.18 Å². The molecule has 0 atom stereocenters. The van der Waals surface area contributed by atoms with E-state index in [4.69, 9.17) is 4.74 Å². The minimum Gasteiger partial charge on any atom is -0.484 e. The highest BCUT2D eigenvalue weighted by Crippen LogP contribution is 2.27. The number of amides is 1. The van der Waals surface area contributed by atoms with Crippen LogP contribution in [0.5, 0.6) is 5.75 Å². The summed E-state index contributed by atoms with van der Waals surface area (Å²) >= 11 is 0. The van der Waals surface area contributed by atoms with Crippen molar-refractivity contribution in [3.8, 4) is 5.75 Å². The molecule has 1 amide bonds. The molecule has 1 aliphatic rings. The van der Waals surface area contributed by atoms with Crippen LogP contribution in [0.25, 0.3) is 0 Å². The van der Waals surface area contributed by atoms with Gasteiger partial charge in [-0.25, -0.2) is 0 Å². The molecule has 1 saturated heterocycles. The molecule has 2 rings (SSSR count). The predicted molar refractivity (Wildman–Crippen MR) is 80.3 cm³/mol. The standard InChI is InChI=1S/C16H21F3N2O2/c1-10-4-12(8-21(3)15(22)13-6-20-7-13)5-11(2)14(10)23-9-16(17,18)19/h4-5,13,20H,6-9H2,1-3H3. The summed E-state index contributed by atoms with van der Waals surface area (Å²) in [5.41, 5.74) is 2.15. The molecule has 1 N–H and O–H groups in total. The number of benzene rings is 1. The molecule has 1 aliphatic heterocycles. The van der Waals surface area contributed by atoms with Crippen LogP contribution in [0.3, 0.4) is 0 Å². The van der Waals surface area contributed by atoms with Crippen molar-refractivity contribution < 1.29 is 22.7 Å². The smallest absolute Gasteiger partial charge is 0.422 e. The Labute approximate surface area is 133 Å². The van der Waals surface area contributed by atoms with Gasteiger partial charge in [-0.1, -0.05) is 12.1 Å². The van der Waals surface area contributed by atoms with Crippen LogP contribution in [0.1, 0.15) is 16.7 Å². The SMILES string of the molecule is Cc1cc(CN(C)C(=O)C2CNC2)cc(C)c1OCC(F)(F)F. The lowest BCUT2D eigenvalue weighted by Crippen LogP contribution is -2.50. The first kappa shape index (κ1) is 17.6. The average Bonchev–Trinajstić information content (AvgIpc) is 2.33. The number of carbonyl (C=O) groups excluding carboxylic acids is 1. The van der Waals surface area contributed by atoms with Gasteiger partial charge in [0.2, 0.25) is 5.91 Å². The van der Waals surface area contributed by atoms with E-state index in [0.29, 0.717) is 30.8 Å². The van der Waals surface area contributed by atoms with E-state index in [1.807, 2.05) is 0 Å². The summed E-state index contributed by atoms with van der Waals surface area (Å²) in [5, 5.41) is 3.06. The highest BCUT2D eigenvalue weighted by Gasteiger charge is 2.29. The summed E-state index contributed by atoms with van der Waals surface area (Å²) in [4.78, 5) is 13.8. The molecule has 1 aromatic rings. The third-order valence-electron chi connectivity index (χ3n) is 3.83. The van der Waals surface area contributed by atoms with E-state index in [2.05, 4.69) is 5.32 Å². The van der Waals surface area contributed by atoms with Crippen molar-refractivity contribution in [3.05, 3.63) is 28.8 Å². The lowest BCUT2D eigenvalue weighted by Gasteiger charge is -2.30. The van der Waals surface area contributed by atoms with Gasteiger partial charge < -0.3 is 15.0 Å². The summed E-state index contributed by atoms with van der Waals surface area (Å²) in [6.45, 7) is 3.94. The number of hydrogen-bond acceptors (Lipinski definition) is 3. The fourth-order valence-corrected chi connectivity index (χ4v) is 2.64. The van der Waals surface area contributed by atoms with Crippen LogP contribution in [0.2, 0.25) is 0 Å². The molecule has 0 radical (unpaired) electrons. The van der Waals surface area contributed by atoms with Gasteiger partial charge in [0.15, 0.2) is 6.61 Å². The largest absolute Gasteiger partial charge is 0.484 e. The fraction of sp³-hybridized carbons (Fsp3) is 0.562. The normalized spacial score (nSPS) is 15.2. The van der Waals surface area contributed by atoms with Crippen LogP contribution in [0.15, 0.2) is 12.1 Å². The molecule has 1 heterocycles. The quantitative estimate of drug-likeness (QED) is 0.901. The highest BCUT2D eigenvalue weighted by molar-refractivity contribution is 5.80. The van der Waals surface area contributed by atoms with Crippen LogP contribution in [0, 0.1) is 19.8 Å². The number of ether oxygens (including phenoxy) is 1. The molecule has 1 fully saturated rings. The van der Waals surface area contributed by atoms with E-state index >= 15 is 0 Å². The maximum absolute atomic E-state index is 12.3. The second-order valence-electron chi connectivity index (χ2n) is 6.01. The molecule has 1 aromatic carbocycles. The van der Waals surface area contributed by atoms with Crippen molar-refractivity contribution in [2.45, 2.75) is 26.6 Å². The Morgan fingerprint density at radius 1 is 1.30 bits per heavy atom. The van der Waals surface area contributed by atoms with Gasteiger partial charge in [-0.3, -0.25) is 4.79 Å². The van der Waals surface area contributed by atoms with E-state index in [0.717, 1.165) is 5.56 Å². The zero-order valence-electron chi connectivity index (χ0n) is 13.5. The Balaban J connectivity index is 2.05. The van der Waals surface area contributed by atoms with Gasteiger partial charge in [-0.2, -0.15) is 13.2 Å². The Bertz CT molecular complexity index is 560. The van der Waals surface area contributed by atoms with E-state index < -0.39 is 12.8 Å². The van der Waals surface area contributed by atoms with Crippen molar-refractivity contribution in [3.63, 3.8) is 0 Å². The number of nitrogens with one attached hydrogen (secondary N) is 1.